The van der Waals surface area contributed by atoms with E-state index < -0.39 is 72.6 Å². The van der Waals surface area contributed by atoms with Crippen molar-refractivity contribution in [1.29, 1.82) is 0 Å². The maximum atomic E-state index is 13.0. The van der Waals surface area contributed by atoms with E-state index in [2.05, 4.69) is 20.9 Å². The number of aliphatic imine (C=N–C) groups is 1. The van der Waals surface area contributed by atoms with E-state index in [1.165, 1.54) is 0 Å². The molecule has 0 fully saturated rings. The number of nitrogens with one attached hydrogen (secondary N) is 3. The zero-order valence-electron chi connectivity index (χ0n) is 20.4. The third kappa shape index (κ3) is 14.9. The van der Waals surface area contributed by atoms with Gasteiger partial charge in [0, 0.05) is 6.54 Å². The maximum Gasteiger partial charge on any atom is 0.326 e. The molecule has 37 heavy (non-hydrogen) atoms. The Kier molecular flexibility index (Phi) is 15.6. The van der Waals surface area contributed by atoms with Gasteiger partial charge in [0.1, 0.15) is 18.1 Å². The summed E-state index contributed by atoms with van der Waals surface area (Å²) in [6.45, 7) is 0.408. The molecule has 0 radical (unpaired) electrons. The molecule has 0 heterocycles. The van der Waals surface area contributed by atoms with Gasteiger partial charge in [-0.2, -0.15) is 0 Å². The molecular formula is C20H37N9O8. The van der Waals surface area contributed by atoms with Crippen LogP contribution in [0.4, 0.5) is 0 Å². The molecule has 0 aliphatic carbocycles. The van der Waals surface area contributed by atoms with Crippen LogP contribution in [-0.2, 0) is 28.8 Å². The van der Waals surface area contributed by atoms with Crippen molar-refractivity contribution in [2.45, 2.75) is 69.1 Å². The van der Waals surface area contributed by atoms with E-state index >= 15 is 0 Å². The number of carboxylic acids is 2. The van der Waals surface area contributed by atoms with E-state index in [1.54, 1.807) is 0 Å². The summed E-state index contributed by atoms with van der Waals surface area (Å²) in [5, 5.41) is 25.0. The number of nitrogens with two attached hydrogens (primary N) is 5. The largest absolute Gasteiger partial charge is 0.481 e. The molecule has 0 aromatic carbocycles. The number of amides is 4. The number of aliphatic carboxylic acids is 2. The Bertz CT molecular complexity index is 848. The smallest absolute Gasteiger partial charge is 0.326 e. The van der Waals surface area contributed by atoms with Gasteiger partial charge in [0.25, 0.3) is 0 Å². The second-order valence-corrected chi connectivity index (χ2v) is 8.13. The third-order valence-corrected chi connectivity index (χ3v) is 4.91. The van der Waals surface area contributed by atoms with Crippen LogP contribution in [0, 0.1) is 0 Å². The maximum absolute atomic E-state index is 13.0. The van der Waals surface area contributed by atoms with E-state index in [0.717, 1.165) is 0 Å². The summed E-state index contributed by atoms with van der Waals surface area (Å²) >= 11 is 0. The number of hydrogen-bond acceptors (Lipinski definition) is 9. The molecule has 0 rings (SSSR count). The minimum atomic E-state index is -1.74. The van der Waals surface area contributed by atoms with Crippen LogP contribution in [0.3, 0.4) is 0 Å². The highest BCUT2D eigenvalue weighted by Crippen LogP contribution is 2.06. The Morgan fingerprint density at radius 3 is 1.70 bits per heavy atom. The monoisotopic (exact) mass is 531 g/mol. The Hall–Kier alpha value is -3.99. The van der Waals surface area contributed by atoms with Crippen molar-refractivity contribution in [3.05, 3.63) is 0 Å². The van der Waals surface area contributed by atoms with Crippen molar-refractivity contribution in [3.8, 4) is 0 Å². The zero-order valence-corrected chi connectivity index (χ0v) is 20.4. The van der Waals surface area contributed by atoms with Gasteiger partial charge in [0.05, 0.1) is 18.9 Å². The lowest BCUT2D eigenvalue weighted by atomic mass is 10.0. The van der Waals surface area contributed by atoms with Crippen LogP contribution in [0.25, 0.3) is 0 Å². The van der Waals surface area contributed by atoms with E-state index in [1.807, 2.05) is 0 Å². The molecule has 210 valence electrons. The highest BCUT2D eigenvalue weighted by molar-refractivity contribution is 5.95. The lowest BCUT2D eigenvalue weighted by Crippen LogP contribution is -2.57. The molecule has 15 N–H and O–H groups in total. The predicted octanol–water partition coefficient (Wildman–Crippen LogP) is -4.61. The molecule has 0 aromatic rings. The molecule has 0 aromatic heterocycles. The first-order chi connectivity index (χ1) is 17.3. The fourth-order valence-corrected chi connectivity index (χ4v) is 3.04. The Labute approximate surface area is 212 Å². The Morgan fingerprint density at radius 2 is 1.24 bits per heavy atom. The van der Waals surface area contributed by atoms with Gasteiger partial charge in [-0.3, -0.25) is 29.0 Å². The van der Waals surface area contributed by atoms with Crippen LogP contribution in [0.5, 0.6) is 0 Å². The van der Waals surface area contributed by atoms with Gasteiger partial charge < -0.3 is 54.8 Å². The fourth-order valence-electron chi connectivity index (χ4n) is 3.04. The quantitative estimate of drug-likeness (QED) is 0.0427. The number of nitrogens with zero attached hydrogens (tertiary/aromatic N) is 1. The SMILES string of the molecule is NCCCCC(NC(=O)C(CCCN=C(N)N)NC(=O)C(N)CC(N)=O)C(=O)NC(CC(=O)O)C(=O)O. The average molecular weight is 532 g/mol. The summed E-state index contributed by atoms with van der Waals surface area (Å²) in [5.41, 5.74) is 26.7. The number of hydrogen-bond donors (Lipinski definition) is 10. The molecule has 4 atom stereocenters. The lowest BCUT2D eigenvalue weighted by Gasteiger charge is -2.25. The molecular weight excluding hydrogens is 494 g/mol. The highest BCUT2D eigenvalue weighted by atomic mass is 16.4. The predicted molar refractivity (Wildman–Crippen MR) is 130 cm³/mol. The number of carbonyl (C=O) groups excluding carboxylic acids is 4. The van der Waals surface area contributed by atoms with E-state index in [9.17, 15) is 33.9 Å². The number of guanidine groups is 1. The molecule has 0 aliphatic heterocycles. The summed E-state index contributed by atoms with van der Waals surface area (Å²) in [4.78, 5) is 75.3. The fraction of sp³-hybridized carbons (Fsp3) is 0.650. The van der Waals surface area contributed by atoms with Gasteiger partial charge in [0.15, 0.2) is 5.96 Å². The first kappa shape index (κ1) is 33.0. The summed E-state index contributed by atoms with van der Waals surface area (Å²) in [5.74, 6) is -6.64. The Morgan fingerprint density at radius 1 is 0.730 bits per heavy atom. The first-order valence-corrected chi connectivity index (χ1v) is 11.4. The van der Waals surface area contributed by atoms with Crippen LogP contribution in [0.1, 0.15) is 44.9 Å². The Balaban J connectivity index is 5.67. The minimum Gasteiger partial charge on any atom is -0.481 e. The summed E-state index contributed by atoms with van der Waals surface area (Å²) in [6.07, 6.45) is -0.223. The minimum absolute atomic E-state index is 0.00550. The molecule has 4 amide bonds. The topological polar surface area (TPSA) is 321 Å². The lowest BCUT2D eigenvalue weighted by molar-refractivity contribution is -0.147. The van der Waals surface area contributed by atoms with Gasteiger partial charge in [0.2, 0.25) is 23.6 Å². The number of rotatable bonds is 19. The number of unbranched alkanes of at least 4 members (excludes halogenated alkanes) is 1. The second kappa shape index (κ2) is 17.4. The molecule has 0 aliphatic rings. The number of carboxylic acid groups (broad SMARTS) is 2. The molecule has 0 spiro atoms. The van der Waals surface area contributed by atoms with Crippen LogP contribution in [0.15, 0.2) is 4.99 Å². The molecule has 0 bridgehead atoms. The summed E-state index contributed by atoms with van der Waals surface area (Å²) in [7, 11) is 0. The molecule has 17 heteroatoms. The van der Waals surface area contributed by atoms with Crippen molar-refractivity contribution in [1.82, 2.24) is 16.0 Å². The van der Waals surface area contributed by atoms with Gasteiger partial charge in [-0.05, 0) is 38.6 Å². The highest BCUT2D eigenvalue weighted by Gasteiger charge is 2.31. The van der Waals surface area contributed by atoms with Crippen molar-refractivity contribution >= 4 is 41.5 Å². The van der Waals surface area contributed by atoms with Gasteiger partial charge in [-0.1, -0.05) is 0 Å². The van der Waals surface area contributed by atoms with Crippen molar-refractivity contribution in [3.63, 3.8) is 0 Å². The summed E-state index contributed by atoms with van der Waals surface area (Å²) in [6, 6.07) is -5.58. The van der Waals surface area contributed by atoms with Gasteiger partial charge in [-0.15, -0.1) is 0 Å². The third-order valence-electron chi connectivity index (χ3n) is 4.91. The van der Waals surface area contributed by atoms with E-state index in [0.29, 0.717) is 19.4 Å². The van der Waals surface area contributed by atoms with E-state index in [-0.39, 0.29) is 31.8 Å². The van der Waals surface area contributed by atoms with Crippen molar-refractivity contribution in [2.75, 3.05) is 13.1 Å². The average Bonchev–Trinajstić information content (AvgIpc) is 2.78. The standard InChI is InChI=1S/C20H37N9O8/c21-6-2-1-4-11(18(35)29-13(19(36)37)9-15(31)32)28-17(34)12(5-3-7-26-20(24)25)27-16(33)10(22)8-14(23)30/h10-13H,1-9,21-22H2,(H2,23,30)(H,27,33)(H,28,34)(H,29,35)(H,31,32)(H,36,37)(H4,24,25,26). The van der Waals surface area contributed by atoms with Gasteiger partial charge >= 0.3 is 11.9 Å². The second-order valence-electron chi connectivity index (χ2n) is 8.13. The molecule has 0 saturated carbocycles. The van der Waals surface area contributed by atoms with Crippen molar-refractivity contribution < 1.29 is 39.0 Å². The number of primary amides is 1. The molecule has 4 unspecified atom stereocenters. The van der Waals surface area contributed by atoms with Crippen LogP contribution in [-0.4, -0.2) is 89.0 Å². The zero-order chi connectivity index (χ0) is 28.5. The molecule has 0 saturated heterocycles. The van der Waals surface area contributed by atoms with Crippen LogP contribution >= 0.6 is 0 Å². The van der Waals surface area contributed by atoms with E-state index in [4.69, 9.17) is 33.8 Å². The normalized spacial score (nSPS) is 13.8. The van der Waals surface area contributed by atoms with Crippen LogP contribution < -0.4 is 44.6 Å². The van der Waals surface area contributed by atoms with Crippen LogP contribution in [0.2, 0.25) is 0 Å². The molecule has 17 nitrogen and oxygen atoms in total. The van der Waals surface area contributed by atoms with Gasteiger partial charge in [-0.25, -0.2) is 4.79 Å². The first-order valence-electron chi connectivity index (χ1n) is 11.4. The number of carbonyl (C=O) groups is 6. The summed E-state index contributed by atoms with van der Waals surface area (Å²) < 4.78 is 0. The van der Waals surface area contributed by atoms with Crippen molar-refractivity contribution in [2.24, 2.45) is 33.7 Å².